The molecule has 1 aliphatic rings. The van der Waals surface area contributed by atoms with Gasteiger partial charge >= 0.3 is 0 Å². The highest BCUT2D eigenvalue weighted by molar-refractivity contribution is 5.50. The first-order valence-corrected chi connectivity index (χ1v) is 5.55. The van der Waals surface area contributed by atoms with Crippen LogP contribution in [0.4, 0.5) is 11.5 Å². The number of rotatable bonds is 3. The van der Waals surface area contributed by atoms with Crippen LogP contribution in [-0.4, -0.2) is 18.1 Å². The summed E-state index contributed by atoms with van der Waals surface area (Å²) in [5.41, 5.74) is 7.44. The van der Waals surface area contributed by atoms with Crippen molar-refractivity contribution in [1.82, 2.24) is 4.98 Å². The highest BCUT2D eigenvalue weighted by atomic mass is 15.2. The van der Waals surface area contributed by atoms with E-state index in [1.54, 1.807) is 0 Å². The van der Waals surface area contributed by atoms with Crippen molar-refractivity contribution in [2.45, 2.75) is 32.7 Å². The number of nitrogens with zero attached hydrogens (tertiary/aromatic N) is 2. The van der Waals surface area contributed by atoms with Crippen molar-refractivity contribution in [2.75, 3.05) is 17.7 Å². The molecule has 15 heavy (non-hydrogen) atoms. The lowest BCUT2D eigenvalue weighted by Gasteiger charge is -2.26. The van der Waals surface area contributed by atoms with Crippen molar-refractivity contribution < 1.29 is 0 Å². The van der Waals surface area contributed by atoms with Gasteiger partial charge in [0, 0.05) is 13.1 Å². The molecule has 0 aliphatic heterocycles. The van der Waals surface area contributed by atoms with E-state index in [2.05, 4.69) is 23.9 Å². The second-order valence-electron chi connectivity index (χ2n) is 4.53. The maximum Gasteiger partial charge on any atom is 0.128 e. The average molecular weight is 205 g/mol. The van der Waals surface area contributed by atoms with Gasteiger partial charge in [-0.2, -0.15) is 0 Å². The highest BCUT2D eigenvalue weighted by Gasteiger charge is 2.31. The summed E-state index contributed by atoms with van der Waals surface area (Å²) in [5.74, 6) is 1.88. The van der Waals surface area contributed by atoms with E-state index >= 15 is 0 Å². The summed E-state index contributed by atoms with van der Waals surface area (Å²) < 4.78 is 0. The van der Waals surface area contributed by atoms with Gasteiger partial charge in [-0.25, -0.2) is 4.98 Å². The van der Waals surface area contributed by atoms with E-state index in [-0.39, 0.29) is 0 Å². The van der Waals surface area contributed by atoms with E-state index in [9.17, 15) is 0 Å². The zero-order chi connectivity index (χ0) is 11.0. The maximum atomic E-state index is 5.76. The average Bonchev–Trinajstić information content (AvgIpc) is 3.03. The van der Waals surface area contributed by atoms with Gasteiger partial charge in [-0.3, -0.25) is 0 Å². The Bertz CT molecular complexity index is 358. The SMILES string of the molecule is Cc1nc(N(C)C(C)C2CC2)ccc1N. The molecular formula is C12H19N3. The van der Waals surface area contributed by atoms with Crippen molar-refractivity contribution >= 4 is 11.5 Å². The summed E-state index contributed by atoms with van der Waals surface area (Å²) in [6, 6.07) is 4.52. The minimum atomic E-state index is 0.584. The van der Waals surface area contributed by atoms with Gasteiger partial charge in [-0.05, 0) is 44.7 Å². The summed E-state index contributed by atoms with van der Waals surface area (Å²) in [4.78, 5) is 6.76. The molecule has 3 heteroatoms. The number of pyridine rings is 1. The van der Waals surface area contributed by atoms with Crippen molar-refractivity contribution in [3.8, 4) is 0 Å². The zero-order valence-electron chi connectivity index (χ0n) is 9.70. The molecule has 0 bridgehead atoms. The van der Waals surface area contributed by atoms with Gasteiger partial charge in [-0.15, -0.1) is 0 Å². The monoisotopic (exact) mass is 205 g/mol. The predicted octanol–water partition coefficient (Wildman–Crippen LogP) is 2.21. The van der Waals surface area contributed by atoms with E-state index in [1.165, 1.54) is 12.8 Å². The molecule has 1 aliphatic carbocycles. The summed E-state index contributed by atoms with van der Waals surface area (Å²) in [7, 11) is 2.11. The van der Waals surface area contributed by atoms with Gasteiger partial charge in [0.05, 0.1) is 11.4 Å². The molecule has 2 N–H and O–H groups in total. The molecule has 1 unspecified atom stereocenters. The van der Waals surface area contributed by atoms with Crippen LogP contribution in [0.15, 0.2) is 12.1 Å². The third-order valence-electron chi connectivity index (χ3n) is 3.39. The molecular weight excluding hydrogens is 186 g/mol. The third kappa shape index (κ3) is 2.06. The normalized spacial score (nSPS) is 17.5. The summed E-state index contributed by atoms with van der Waals surface area (Å²) >= 11 is 0. The van der Waals surface area contributed by atoms with Crippen LogP contribution in [0.25, 0.3) is 0 Å². The van der Waals surface area contributed by atoms with Crippen molar-refractivity contribution in [3.63, 3.8) is 0 Å². The van der Waals surface area contributed by atoms with E-state index in [1.807, 2.05) is 19.1 Å². The van der Waals surface area contributed by atoms with Crippen LogP contribution >= 0.6 is 0 Å². The molecule has 3 nitrogen and oxygen atoms in total. The van der Waals surface area contributed by atoms with Gasteiger partial charge in [-0.1, -0.05) is 0 Å². The molecule has 1 heterocycles. The predicted molar refractivity (Wildman–Crippen MR) is 64.0 cm³/mol. The first-order chi connectivity index (χ1) is 7.09. The number of anilines is 2. The largest absolute Gasteiger partial charge is 0.397 e. The Kier molecular flexibility index (Phi) is 2.55. The van der Waals surface area contributed by atoms with Gasteiger partial charge in [0.1, 0.15) is 5.82 Å². The third-order valence-corrected chi connectivity index (χ3v) is 3.39. The lowest BCUT2D eigenvalue weighted by molar-refractivity contribution is 0.603. The Morgan fingerprint density at radius 3 is 2.67 bits per heavy atom. The molecule has 2 rings (SSSR count). The van der Waals surface area contributed by atoms with Crippen molar-refractivity contribution in [1.29, 1.82) is 0 Å². The van der Waals surface area contributed by atoms with Crippen LogP contribution in [0.2, 0.25) is 0 Å². The molecule has 82 valence electrons. The minimum absolute atomic E-state index is 0.584. The number of aromatic nitrogens is 1. The van der Waals surface area contributed by atoms with E-state index in [4.69, 9.17) is 5.73 Å². The number of hydrogen-bond donors (Lipinski definition) is 1. The fourth-order valence-electron chi connectivity index (χ4n) is 1.86. The lowest BCUT2D eigenvalue weighted by Crippen LogP contribution is -2.31. The lowest BCUT2D eigenvalue weighted by atomic mass is 10.2. The van der Waals surface area contributed by atoms with Crippen LogP contribution in [0.5, 0.6) is 0 Å². The van der Waals surface area contributed by atoms with Crippen molar-refractivity contribution in [2.24, 2.45) is 5.92 Å². The van der Waals surface area contributed by atoms with Gasteiger partial charge in [0.2, 0.25) is 0 Å². The van der Waals surface area contributed by atoms with E-state index in [0.29, 0.717) is 6.04 Å². The molecule has 0 spiro atoms. The molecule has 1 aromatic rings. The molecule has 1 aromatic heterocycles. The fraction of sp³-hybridized carbons (Fsp3) is 0.583. The number of nitrogens with two attached hydrogens (primary N) is 1. The Balaban J connectivity index is 2.17. The highest BCUT2D eigenvalue weighted by Crippen LogP contribution is 2.35. The Labute approximate surface area is 91.3 Å². The smallest absolute Gasteiger partial charge is 0.128 e. The standard InChI is InChI=1S/C12H19N3/c1-8-11(13)6-7-12(14-8)15(3)9(2)10-4-5-10/h6-7,9-10H,4-5,13H2,1-3H3. The van der Waals surface area contributed by atoms with Crippen LogP contribution in [0, 0.1) is 12.8 Å². The Hall–Kier alpha value is -1.25. The number of nitrogen functional groups attached to an aromatic ring is 1. The fourth-order valence-corrected chi connectivity index (χ4v) is 1.86. The van der Waals surface area contributed by atoms with Gasteiger partial charge in [0.15, 0.2) is 0 Å². The van der Waals surface area contributed by atoms with Gasteiger partial charge in [0.25, 0.3) is 0 Å². The summed E-state index contributed by atoms with van der Waals surface area (Å²) in [5, 5.41) is 0. The van der Waals surface area contributed by atoms with Crippen LogP contribution in [0.3, 0.4) is 0 Å². The number of hydrogen-bond acceptors (Lipinski definition) is 3. The molecule has 1 fully saturated rings. The summed E-state index contributed by atoms with van der Waals surface area (Å²) in [6.45, 7) is 4.22. The van der Waals surface area contributed by atoms with Crippen LogP contribution in [0.1, 0.15) is 25.5 Å². The minimum Gasteiger partial charge on any atom is -0.397 e. The zero-order valence-corrected chi connectivity index (χ0v) is 9.70. The van der Waals surface area contributed by atoms with Crippen LogP contribution in [-0.2, 0) is 0 Å². The first kappa shape index (κ1) is 10.3. The molecule has 0 amide bonds. The topological polar surface area (TPSA) is 42.2 Å². The van der Waals surface area contributed by atoms with Crippen LogP contribution < -0.4 is 10.6 Å². The Morgan fingerprint density at radius 2 is 2.13 bits per heavy atom. The van der Waals surface area contributed by atoms with Gasteiger partial charge < -0.3 is 10.6 Å². The molecule has 1 atom stereocenters. The number of aryl methyl sites for hydroxylation is 1. The quantitative estimate of drug-likeness (QED) is 0.822. The molecule has 0 aromatic carbocycles. The maximum absolute atomic E-state index is 5.76. The molecule has 0 radical (unpaired) electrons. The molecule has 1 saturated carbocycles. The molecule has 0 saturated heterocycles. The second kappa shape index (κ2) is 3.72. The second-order valence-corrected chi connectivity index (χ2v) is 4.53. The summed E-state index contributed by atoms with van der Waals surface area (Å²) in [6.07, 6.45) is 2.72. The Morgan fingerprint density at radius 1 is 1.47 bits per heavy atom. The van der Waals surface area contributed by atoms with E-state index < -0.39 is 0 Å². The van der Waals surface area contributed by atoms with E-state index in [0.717, 1.165) is 23.1 Å². The van der Waals surface area contributed by atoms with Crippen molar-refractivity contribution in [3.05, 3.63) is 17.8 Å². The first-order valence-electron chi connectivity index (χ1n) is 5.55.